The topological polar surface area (TPSA) is 43.8 Å². The van der Waals surface area contributed by atoms with Crippen LogP contribution in [0.2, 0.25) is 0 Å². The minimum Gasteiger partial charge on any atom is -0.369 e. The number of rotatable bonds is 3. The Morgan fingerprint density at radius 3 is 2.65 bits per heavy atom. The van der Waals surface area contributed by atoms with Gasteiger partial charge < -0.3 is 10.3 Å². The van der Waals surface area contributed by atoms with Crippen LogP contribution >= 0.6 is 0 Å². The van der Waals surface area contributed by atoms with Crippen molar-refractivity contribution < 1.29 is 4.39 Å². The van der Waals surface area contributed by atoms with E-state index in [0.717, 1.165) is 11.9 Å². The highest BCUT2D eigenvalue weighted by Crippen LogP contribution is 2.26. The molecule has 1 unspecified atom stereocenters. The van der Waals surface area contributed by atoms with E-state index in [1.807, 2.05) is 28.8 Å². The molecule has 0 fully saturated rings. The maximum atomic E-state index is 13.7. The summed E-state index contributed by atoms with van der Waals surface area (Å²) in [5.74, 6) is 0.0217. The first kappa shape index (κ1) is 12.7. The van der Waals surface area contributed by atoms with Crippen LogP contribution in [0.1, 0.15) is 18.5 Å². The zero-order chi connectivity index (χ0) is 14.1. The summed E-state index contributed by atoms with van der Waals surface area (Å²) in [4.78, 5) is 4.14. The Labute approximate surface area is 116 Å². The van der Waals surface area contributed by atoms with Crippen molar-refractivity contribution in [3.63, 3.8) is 0 Å². The predicted molar refractivity (Wildman–Crippen MR) is 79.0 cm³/mol. The molecule has 3 aromatic rings. The number of nitrogen functional groups attached to an aromatic ring is 1. The number of aromatic nitrogens is 2. The summed E-state index contributed by atoms with van der Waals surface area (Å²) >= 11 is 0. The van der Waals surface area contributed by atoms with Crippen LogP contribution in [-0.4, -0.2) is 9.55 Å². The van der Waals surface area contributed by atoms with Crippen molar-refractivity contribution in [2.24, 2.45) is 0 Å². The van der Waals surface area contributed by atoms with Crippen molar-refractivity contribution in [2.75, 3.05) is 5.73 Å². The molecule has 0 bridgehead atoms. The molecule has 1 atom stereocenters. The number of halogens is 1. The molecule has 3 nitrogen and oxygen atoms in total. The van der Waals surface area contributed by atoms with E-state index in [-0.39, 0.29) is 11.9 Å². The Balaban J connectivity index is 2.01. The summed E-state index contributed by atoms with van der Waals surface area (Å²) in [6, 6.07) is 15.2. The van der Waals surface area contributed by atoms with E-state index >= 15 is 0 Å². The highest BCUT2D eigenvalue weighted by molar-refractivity contribution is 5.79. The molecule has 0 saturated carbocycles. The minimum atomic E-state index is -0.333. The second-order valence-electron chi connectivity index (χ2n) is 4.99. The largest absolute Gasteiger partial charge is 0.369 e. The van der Waals surface area contributed by atoms with Gasteiger partial charge in [-0.05, 0) is 31.0 Å². The number of nitrogens with zero attached hydrogens (tertiary/aromatic N) is 2. The van der Waals surface area contributed by atoms with Gasteiger partial charge in [-0.3, -0.25) is 0 Å². The van der Waals surface area contributed by atoms with Crippen LogP contribution in [0.25, 0.3) is 11.0 Å². The molecule has 0 aliphatic heterocycles. The lowest BCUT2D eigenvalue weighted by atomic mass is 10.1. The number of fused-ring (bicyclic) bond motifs is 1. The fraction of sp³-hybridized carbons (Fsp3) is 0.188. The highest BCUT2D eigenvalue weighted by atomic mass is 19.1. The summed E-state index contributed by atoms with van der Waals surface area (Å²) < 4.78 is 15.6. The third-order valence-corrected chi connectivity index (χ3v) is 3.51. The lowest BCUT2D eigenvalue weighted by molar-refractivity contribution is 0.566. The van der Waals surface area contributed by atoms with Crippen molar-refractivity contribution in [3.05, 3.63) is 59.9 Å². The molecule has 20 heavy (non-hydrogen) atoms. The third kappa shape index (κ3) is 2.13. The summed E-state index contributed by atoms with van der Waals surface area (Å²) in [6.45, 7) is 2.06. The highest BCUT2D eigenvalue weighted by Gasteiger charge is 2.16. The Morgan fingerprint density at radius 2 is 1.90 bits per heavy atom. The minimum absolute atomic E-state index is 0.115. The van der Waals surface area contributed by atoms with E-state index in [0.29, 0.717) is 11.5 Å². The fourth-order valence-electron chi connectivity index (χ4n) is 2.61. The van der Waals surface area contributed by atoms with Gasteiger partial charge in [0.05, 0.1) is 5.52 Å². The van der Waals surface area contributed by atoms with Crippen molar-refractivity contribution in [3.8, 4) is 0 Å². The molecule has 1 heterocycles. The van der Waals surface area contributed by atoms with E-state index in [9.17, 15) is 4.39 Å². The first-order valence-electron chi connectivity index (χ1n) is 6.62. The molecular weight excluding hydrogens is 253 g/mol. The van der Waals surface area contributed by atoms with Gasteiger partial charge >= 0.3 is 0 Å². The van der Waals surface area contributed by atoms with Gasteiger partial charge in [-0.15, -0.1) is 0 Å². The van der Waals surface area contributed by atoms with Gasteiger partial charge in [0, 0.05) is 6.04 Å². The lowest BCUT2D eigenvalue weighted by Crippen LogP contribution is -2.11. The van der Waals surface area contributed by atoms with Gasteiger partial charge in [0.15, 0.2) is 5.82 Å². The summed E-state index contributed by atoms with van der Waals surface area (Å²) in [6.07, 6.45) is 0.826. The smallest absolute Gasteiger partial charge is 0.201 e. The molecule has 3 rings (SSSR count). The molecule has 0 aliphatic rings. The predicted octanol–water partition coefficient (Wildman–Crippen LogP) is 3.56. The quantitative estimate of drug-likeness (QED) is 0.790. The standard InChI is InChI=1S/C16H16FN3/c1-11(10-12-6-3-2-4-7-12)20-14-9-5-8-13(17)15(14)19-16(20)18/h2-9,11H,10H2,1H3,(H2,18,19). The third-order valence-electron chi connectivity index (χ3n) is 3.51. The Bertz CT molecular complexity index is 734. The van der Waals surface area contributed by atoms with Crippen LogP contribution in [0, 0.1) is 5.82 Å². The Hall–Kier alpha value is -2.36. The molecule has 2 N–H and O–H groups in total. The number of imidazole rings is 1. The average molecular weight is 269 g/mol. The van der Waals surface area contributed by atoms with Gasteiger partial charge in [-0.2, -0.15) is 0 Å². The number of hydrogen-bond donors (Lipinski definition) is 1. The zero-order valence-corrected chi connectivity index (χ0v) is 11.3. The van der Waals surface area contributed by atoms with Gasteiger partial charge in [-0.25, -0.2) is 9.37 Å². The van der Waals surface area contributed by atoms with Crippen LogP contribution in [-0.2, 0) is 6.42 Å². The average Bonchev–Trinajstić information content (AvgIpc) is 2.78. The molecular formula is C16H16FN3. The number of hydrogen-bond acceptors (Lipinski definition) is 2. The van der Waals surface area contributed by atoms with Crippen molar-refractivity contribution in [1.29, 1.82) is 0 Å². The fourth-order valence-corrected chi connectivity index (χ4v) is 2.61. The second kappa shape index (κ2) is 4.96. The molecule has 4 heteroatoms. The lowest BCUT2D eigenvalue weighted by Gasteiger charge is -2.16. The van der Waals surface area contributed by atoms with Crippen LogP contribution in [0.4, 0.5) is 10.3 Å². The molecule has 0 spiro atoms. The van der Waals surface area contributed by atoms with Gasteiger partial charge in [0.25, 0.3) is 0 Å². The van der Waals surface area contributed by atoms with Crippen molar-refractivity contribution in [1.82, 2.24) is 9.55 Å². The van der Waals surface area contributed by atoms with Crippen LogP contribution in [0.3, 0.4) is 0 Å². The van der Waals surface area contributed by atoms with Gasteiger partial charge in [0.1, 0.15) is 5.52 Å². The van der Waals surface area contributed by atoms with Crippen LogP contribution < -0.4 is 5.73 Å². The Kier molecular flexibility index (Phi) is 3.14. The molecule has 0 saturated heterocycles. The normalized spacial score (nSPS) is 12.7. The summed E-state index contributed by atoms with van der Waals surface area (Å²) in [5, 5.41) is 0. The molecule has 0 aliphatic carbocycles. The maximum Gasteiger partial charge on any atom is 0.201 e. The number of nitrogens with two attached hydrogens (primary N) is 1. The molecule has 1 aromatic heterocycles. The van der Waals surface area contributed by atoms with E-state index in [4.69, 9.17) is 5.73 Å². The summed E-state index contributed by atoms with van der Waals surface area (Å²) in [7, 11) is 0. The van der Waals surface area contributed by atoms with E-state index in [1.54, 1.807) is 6.07 Å². The van der Waals surface area contributed by atoms with Crippen LogP contribution in [0.5, 0.6) is 0 Å². The van der Waals surface area contributed by atoms with Gasteiger partial charge in [0.2, 0.25) is 5.95 Å². The summed E-state index contributed by atoms with van der Waals surface area (Å²) in [5.41, 5.74) is 8.26. The molecule has 2 aromatic carbocycles. The number of para-hydroxylation sites is 1. The second-order valence-corrected chi connectivity index (χ2v) is 4.99. The first-order valence-corrected chi connectivity index (χ1v) is 6.62. The SMILES string of the molecule is CC(Cc1ccccc1)n1c(N)nc2c(F)cccc21. The molecule has 102 valence electrons. The van der Waals surface area contributed by atoms with Crippen molar-refractivity contribution >= 4 is 17.0 Å². The van der Waals surface area contributed by atoms with Crippen molar-refractivity contribution in [2.45, 2.75) is 19.4 Å². The van der Waals surface area contributed by atoms with Crippen LogP contribution in [0.15, 0.2) is 48.5 Å². The van der Waals surface area contributed by atoms with E-state index in [2.05, 4.69) is 24.0 Å². The number of benzene rings is 2. The zero-order valence-electron chi connectivity index (χ0n) is 11.3. The van der Waals surface area contributed by atoms with E-state index < -0.39 is 0 Å². The molecule has 0 radical (unpaired) electrons. The van der Waals surface area contributed by atoms with E-state index in [1.165, 1.54) is 11.6 Å². The molecule has 0 amide bonds. The monoisotopic (exact) mass is 269 g/mol. The maximum absolute atomic E-state index is 13.7. The number of anilines is 1. The Morgan fingerprint density at radius 1 is 1.15 bits per heavy atom. The van der Waals surface area contributed by atoms with Gasteiger partial charge in [-0.1, -0.05) is 36.4 Å². The first-order chi connectivity index (χ1) is 9.66.